The molecule has 2 atom stereocenters. The van der Waals surface area contributed by atoms with E-state index in [0.29, 0.717) is 19.0 Å². The number of carbonyl (C=O) groups is 2. The van der Waals surface area contributed by atoms with Crippen molar-refractivity contribution >= 4 is 11.8 Å². The molecule has 0 aromatic carbocycles. The molecule has 0 aromatic heterocycles. The van der Waals surface area contributed by atoms with Crippen molar-refractivity contribution in [2.45, 2.75) is 38.6 Å². The Morgan fingerprint density at radius 1 is 1.53 bits per heavy atom. The average molecular weight is 265 g/mol. The molecule has 2 saturated heterocycles. The summed E-state index contributed by atoms with van der Waals surface area (Å²) < 4.78 is 0. The maximum absolute atomic E-state index is 12.8. The van der Waals surface area contributed by atoms with Crippen LogP contribution in [-0.4, -0.2) is 42.4 Å². The van der Waals surface area contributed by atoms with Crippen LogP contribution in [0.2, 0.25) is 0 Å². The fourth-order valence-corrected chi connectivity index (χ4v) is 4.21. The van der Waals surface area contributed by atoms with E-state index in [0.717, 1.165) is 32.2 Å². The van der Waals surface area contributed by atoms with Crippen LogP contribution in [0.4, 0.5) is 0 Å². The van der Waals surface area contributed by atoms with Gasteiger partial charge in [-0.15, -0.1) is 0 Å². The molecule has 3 rings (SSSR count). The highest BCUT2D eigenvalue weighted by Crippen LogP contribution is 2.47. The van der Waals surface area contributed by atoms with Gasteiger partial charge in [-0.1, -0.05) is 6.92 Å². The minimum absolute atomic E-state index is 0.00465. The number of hydrogen-bond donors (Lipinski definition) is 2. The predicted octanol–water partition coefficient (Wildman–Crippen LogP) is 0.0984. The SMILES string of the molecule is CC1CC(CN)(C(=O)N2CCCC3C(=O)NCC32)C1. The van der Waals surface area contributed by atoms with Crippen LogP contribution < -0.4 is 11.1 Å². The lowest BCUT2D eigenvalue weighted by Crippen LogP contribution is -2.59. The number of fused-ring (bicyclic) bond motifs is 1. The van der Waals surface area contributed by atoms with Crippen molar-refractivity contribution in [1.29, 1.82) is 0 Å². The van der Waals surface area contributed by atoms with Gasteiger partial charge in [0.1, 0.15) is 0 Å². The smallest absolute Gasteiger partial charge is 0.230 e. The molecule has 3 fully saturated rings. The number of likely N-dealkylation sites (tertiary alicyclic amines) is 1. The molecule has 5 heteroatoms. The van der Waals surface area contributed by atoms with E-state index in [9.17, 15) is 9.59 Å². The van der Waals surface area contributed by atoms with E-state index >= 15 is 0 Å². The van der Waals surface area contributed by atoms with Gasteiger partial charge in [0.2, 0.25) is 11.8 Å². The van der Waals surface area contributed by atoms with Crippen molar-refractivity contribution in [1.82, 2.24) is 10.2 Å². The summed E-state index contributed by atoms with van der Waals surface area (Å²) in [6.07, 6.45) is 3.64. The molecule has 0 spiro atoms. The Morgan fingerprint density at radius 2 is 2.26 bits per heavy atom. The van der Waals surface area contributed by atoms with Gasteiger partial charge in [-0.3, -0.25) is 9.59 Å². The molecule has 2 aliphatic heterocycles. The number of piperidine rings is 1. The topological polar surface area (TPSA) is 75.4 Å². The van der Waals surface area contributed by atoms with Crippen LogP contribution in [-0.2, 0) is 9.59 Å². The summed E-state index contributed by atoms with van der Waals surface area (Å²) >= 11 is 0. The summed E-state index contributed by atoms with van der Waals surface area (Å²) in [5.74, 6) is 0.909. The minimum atomic E-state index is -0.340. The summed E-state index contributed by atoms with van der Waals surface area (Å²) in [6.45, 7) is 4.00. The van der Waals surface area contributed by atoms with E-state index in [1.807, 2.05) is 4.90 Å². The third kappa shape index (κ3) is 1.86. The molecule has 19 heavy (non-hydrogen) atoms. The van der Waals surface area contributed by atoms with E-state index in [1.54, 1.807) is 0 Å². The van der Waals surface area contributed by atoms with Gasteiger partial charge in [-0.2, -0.15) is 0 Å². The monoisotopic (exact) mass is 265 g/mol. The van der Waals surface area contributed by atoms with Gasteiger partial charge < -0.3 is 16.0 Å². The van der Waals surface area contributed by atoms with Crippen LogP contribution in [0.1, 0.15) is 32.6 Å². The Kier molecular flexibility index (Phi) is 3.04. The lowest BCUT2D eigenvalue weighted by Gasteiger charge is -2.49. The fraction of sp³-hybridized carbons (Fsp3) is 0.857. The Bertz CT molecular complexity index is 403. The van der Waals surface area contributed by atoms with Gasteiger partial charge in [0.05, 0.1) is 17.4 Å². The second-order valence-corrected chi connectivity index (χ2v) is 6.56. The van der Waals surface area contributed by atoms with Crippen molar-refractivity contribution in [2.75, 3.05) is 19.6 Å². The molecule has 3 aliphatic rings. The van der Waals surface area contributed by atoms with Crippen molar-refractivity contribution < 1.29 is 9.59 Å². The largest absolute Gasteiger partial charge is 0.354 e. The summed E-state index contributed by atoms with van der Waals surface area (Å²) in [7, 11) is 0. The Balaban J connectivity index is 1.78. The fourth-order valence-electron chi connectivity index (χ4n) is 4.21. The number of rotatable bonds is 2. The van der Waals surface area contributed by atoms with Crippen molar-refractivity contribution in [2.24, 2.45) is 23.0 Å². The van der Waals surface area contributed by atoms with Crippen LogP contribution in [0.15, 0.2) is 0 Å². The van der Waals surface area contributed by atoms with Gasteiger partial charge in [0.25, 0.3) is 0 Å². The molecular formula is C14H23N3O2. The Hall–Kier alpha value is -1.10. The van der Waals surface area contributed by atoms with Crippen LogP contribution >= 0.6 is 0 Å². The van der Waals surface area contributed by atoms with Gasteiger partial charge in [-0.25, -0.2) is 0 Å². The standard InChI is InChI=1S/C14H23N3O2/c1-9-5-14(6-9,8-15)13(19)17-4-2-3-10-11(17)7-16-12(10)18/h9-11H,2-8,15H2,1H3,(H,16,18). The highest BCUT2D eigenvalue weighted by Gasteiger charge is 2.52. The van der Waals surface area contributed by atoms with Gasteiger partial charge in [0, 0.05) is 19.6 Å². The van der Waals surface area contributed by atoms with E-state index in [1.165, 1.54) is 0 Å². The number of nitrogens with two attached hydrogens (primary N) is 1. The van der Waals surface area contributed by atoms with E-state index in [-0.39, 0.29) is 29.2 Å². The Labute approximate surface area is 113 Å². The summed E-state index contributed by atoms with van der Waals surface area (Å²) in [5, 5.41) is 2.90. The first-order valence-corrected chi connectivity index (χ1v) is 7.36. The molecule has 0 radical (unpaired) electrons. The van der Waals surface area contributed by atoms with Crippen molar-refractivity contribution in [3.8, 4) is 0 Å². The second-order valence-electron chi connectivity index (χ2n) is 6.56. The van der Waals surface area contributed by atoms with E-state index in [2.05, 4.69) is 12.2 Å². The van der Waals surface area contributed by atoms with Crippen LogP contribution in [0, 0.1) is 17.3 Å². The highest BCUT2D eigenvalue weighted by molar-refractivity contribution is 5.87. The predicted molar refractivity (Wildman–Crippen MR) is 71.1 cm³/mol. The molecule has 1 saturated carbocycles. The number of nitrogens with one attached hydrogen (secondary N) is 1. The first kappa shape index (κ1) is 12.9. The zero-order chi connectivity index (χ0) is 13.6. The minimum Gasteiger partial charge on any atom is -0.354 e. The molecule has 2 unspecified atom stereocenters. The van der Waals surface area contributed by atoms with E-state index in [4.69, 9.17) is 5.73 Å². The number of nitrogens with zero attached hydrogens (tertiary/aromatic N) is 1. The molecular weight excluding hydrogens is 242 g/mol. The zero-order valence-corrected chi connectivity index (χ0v) is 11.5. The third-order valence-electron chi connectivity index (χ3n) is 5.18. The van der Waals surface area contributed by atoms with Crippen LogP contribution in [0.5, 0.6) is 0 Å². The molecule has 5 nitrogen and oxygen atoms in total. The van der Waals surface area contributed by atoms with Crippen LogP contribution in [0.3, 0.4) is 0 Å². The maximum Gasteiger partial charge on any atom is 0.230 e. The number of hydrogen-bond acceptors (Lipinski definition) is 3. The number of amides is 2. The van der Waals surface area contributed by atoms with Crippen molar-refractivity contribution in [3.05, 3.63) is 0 Å². The lowest BCUT2D eigenvalue weighted by molar-refractivity contribution is -0.154. The molecule has 2 amide bonds. The molecule has 0 bridgehead atoms. The van der Waals surface area contributed by atoms with Crippen molar-refractivity contribution in [3.63, 3.8) is 0 Å². The summed E-state index contributed by atoms with van der Waals surface area (Å²) in [4.78, 5) is 26.5. The first-order chi connectivity index (χ1) is 9.07. The highest BCUT2D eigenvalue weighted by atomic mass is 16.2. The molecule has 1 aliphatic carbocycles. The quantitative estimate of drug-likeness (QED) is 0.743. The zero-order valence-electron chi connectivity index (χ0n) is 11.5. The third-order valence-corrected chi connectivity index (χ3v) is 5.18. The summed E-state index contributed by atoms with van der Waals surface area (Å²) in [6, 6.07) is 0.0630. The normalized spacial score (nSPS) is 41.5. The first-order valence-electron chi connectivity index (χ1n) is 7.36. The molecule has 2 heterocycles. The van der Waals surface area contributed by atoms with Gasteiger partial charge >= 0.3 is 0 Å². The van der Waals surface area contributed by atoms with Gasteiger partial charge in [-0.05, 0) is 31.6 Å². The summed E-state index contributed by atoms with van der Waals surface area (Å²) in [5.41, 5.74) is 5.53. The average Bonchev–Trinajstić information content (AvgIpc) is 2.76. The second kappa shape index (κ2) is 4.47. The molecule has 3 N–H and O–H groups in total. The van der Waals surface area contributed by atoms with E-state index < -0.39 is 0 Å². The Morgan fingerprint density at radius 3 is 2.89 bits per heavy atom. The number of carbonyl (C=O) groups excluding carboxylic acids is 2. The molecule has 106 valence electrons. The molecule has 0 aromatic rings. The maximum atomic E-state index is 12.8. The van der Waals surface area contributed by atoms with Crippen LogP contribution in [0.25, 0.3) is 0 Å². The lowest BCUT2D eigenvalue weighted by atomic mass is 9.61. The van der Waals surface area contributed by atoms with Gasteiger partial charge in [0.15, 0.2) is 0 Å².